The van der Waals surface area contributed by atoms with Crippen molar-refractivity contribution in [1.82, 2.24) is 10.2 Å². The molecule has 1 aromatic heterocycles. The highest BCUT2D eigenvalue weighted by Crippen LogP contribution is 2.22. The van der Waals surface area contributed by atoms with Crippen LogP contribution in [0.4, 0.5) is 0 Å². The fourth-order valence-electron chi connectivity index (χ4n) is 3.24. The minimum absolute atomic E-state index is 0.0707. The summed E-state index contributed by atoms with van der Waals surface area (Å²) in [6, 6.07) is 11.8. The van der Waals surface area contributed by atoms with E-state index in [-0.39, 0.29) is 11.8 Å². The average molecular weight is 393 g/mol. The number of rotatable bonds is 8. The number of nitrogens with one attached hydrogen (secondary N) is 1. The lowest BCUT2D eigenvalue weighted by atomic mass is 9.96. The Morgan fingerprint density at radius 3 is 3.00 bits per heavy atom. The molecule has 0 radical (unpaired) electrons. The lowest BCUT2D eigenvalue weighted by molar-refractivity contribution is -0.126. The van der Waals surface area contributed by atoms with E-state index < -0.39 is 0 Å². The normalized spacial score (nSPS) is 18.0. The molecule has 0 aliphatic carbocycles. The first-order valence-electron chi connectivity index (χ1n) is 9.06. The number of furan rings is 1. The van der Waals surface area contributed by atoms with Crippen molar-refractivity contribution in [2.45, 2.75) is 25.1 Å². The van der Waals surface area contributed by atoms with E-state index in [1.807, 2.05) is 30.3 Å². The molecule has 1 amide bonds. The number of hydrogen-bond donors (Lipinski definition) is 1. The summed E-state index contributed by atoms with van der Waals surface area (Å²) in [5.74, 6) is 2.96. The van der Waals surface area contributed by atoms with Crippen LogP contribution in [0.2, 0.25) is 5.02 Å². The van der Waals surface area contributed by atoms with E-state index >= 15 is 0 Å². The van der Waals surface area contributed by atoms with Crippen molar-refractivity contribution in [3.8, 4) is 0 Å². The maximum absolute atomic E-state index is 12.5. The predicted molar refractivity (Wildman–Crippen MR) is 107 cm³/mol. The van der Waals surface area contributed by atoms with Crippen molar-refractivity contribution in [2.75, 3.05) is 25.4 Å². The summed E-state index contributed by atoms with van der Waals surface area (Å²) in [5.41, 5.74) is 1.13. The van der Waals surface area contributed by atoms with Gasteiger partial charge in [-0.05, 0) is 43.1 Å². The van der Waals surface area contributed by atoms with Crippen LogP contribution in [0.15, 0.2) is 47.1 Å². The Morgan fingerprint density at radius 2 is 2.19 bits per heavy atom. The second-order valence-corrected chi connectivity index (χ2v) is 8.10. The summed E-state index contributed by atoms with van der Waals surface area (Å²) in [6.45, 7) is 3.33. The van der Waals surface area contributed by atoms with E-state index in [1.165, 1.54) is 0 Å². The number of hydrogen-bond acceptors (Lipinski definition) is 4. The van der Waals surface area contributed by atoms with Crippen LogP contribution in [0.1, 0.15) is 24.2 Å². The summed E-state index contributed by atoms with van der Waals surface area (Å²) in [4.78, 5) is 14.8. The minimum atomic E-state index is 0.0707. The zero-order chi connectivity index (χ0) is 18.2. The summed E-state index contributed by atoms with van der Waals surface area (Å²) < 4.78 is 5.30. The third-order valence-corrected chi connectivity index (χ3v) is 5.95. The second-order valence-electron chi connectivity index (χ2n) is 6.59. The van der Waals surface area contributed by atoms with Gasteiger partial charge in [-0.2, -0.15) is 11.8 Å². The van der Waals surface area contributed by atoms with Gasteiger partial charge in [0.25, 0.3) is 0 Å². The first-order chi connectivity index (χ1) is 12.7. The Morgan fingerprint density at radius 1 is 1.31 bits per heavy atom. The molecule has 1 atom stereocenters. The van der Waals surface area contributed by atoms with Crippen molar-refractivity contribution < 1.29 is 9.21 Å². The number of nitrogens with zero attached hydrogens (tertiary/aromatic N) is 1. The molecule has 1 aromatic carbocycles. The Balaban J connectivity index is 1.38. The standard InChI is InChI=1S/C20H25ClN2O2S/c21-19-8-2-1-5-16(19)13-23-10-3-6-17(14-23)20(24)22-9-12-26-15-18-7-4-11-25-18/h1-2,4-5,7-8,11,17H,3,6,9-10,12-15H2,(H,22,24)/t17-/m1/s1. The molecule has 0 spiro atoms. The fourth-order valence-corrected chi connectivity index (χ4v) is 4.19. The van der Waals surface area contributed by atoms with Crippen molar-refractivity contribution in [3.05, 3.63) is 59.0 Å². The van der Waals surface area contributed by atoms with Gasteiger partial charge in [0.1, 0.15) is 5.76 Å². The summed E-state index contributed by atoms with van der Waals surface area (Å²) in [5, 5.41) is 3.88. The summed E-state index contributed by atoms with van der Waals surface area (Å²) in [7, 11) is 0. The van der Waals surface area contributed by atoms with Crippen LogP contribution in [0.25, 0.3) is 0 Å². The summed E-state index contributed by atoms with van der Waals surface area (Å²) >= 11 is 8.03. The lowest BCUT2D eigenvalue weighted by Gasteiger charge is -2.32. The molecule has 0 saturated carbocycles. The van der Waals surface area contributed by atoms with Gasteiger partial charge in [-0.1, -0.05) is 29.8 Å². The van der Waals surface area contributed by atoms with Gasteiger partial charge >= 0.3 is 0 Å². The van der Waals surface area contributed by atoms with Gasteiger partial charge in [0.05, 0.1) is 17.9 Å². The highest BCUT2D eigenvalue weighted by molar-refractivity contribution is 7.98. The van der Waals surface area contributed by atoms with Gasteiger partial charge in [-0.15, -0.1) is 0 Å². The van der Waals surface area contributed by atoms with Crippen LogP contribution < -0.4 is 5.32 Å². The topological polar surface area (TPSA) is 45.5 Å². The maximum atomic E-state index is 12.5. The van der Waals surface area contributed by atoms with E-state index in [0.717, 1.165) is 60.3 Å². The number of carbonyl (C=O) groups is 1. The number of carbonyl (C=O) groups excluding carboxylic acids is 1. The monoisotopic (exact) mass is 392 g/mol. The van der Waals surface area contributed by atoms with Gasteiger partial charge in [0.15, 0.2) is 0 Å². The molecular weight excluding hydrogens is 368 g/mol. The van der Waals surface area contributed by atoms with Gasteiger partial charge in [0.2, 0.25) is 5.91 Å². The Labute approximate surface area is 164 Å². The number of thioether (sulfide) groups is 1. The van der Waals surface area contributed by atoms with Crippen LogP contribution in [0.3, 0.4) is 0 Å². The van der Waals surface area contributed by atoms with Crippen LogP contribution in [0.5, 0.6) is 0 Å². The highest BCUT2D eigenvalue weighted by atomic mass is 35.5. The van der Waals surface area contributed by atoms with Crippen LogP contribution in [-0.2, 0) is 17.1 Å². The first kappa shape index (κ1) is 19.3. The number of benzene rings is 1. The smallest absolute Gasteiger partial charge is 0.224 e. The zero-order valence-corrected chi connectivity index (χ0v) is 16.4. The molecule has 2 aromatic rings. The Hall–Kier alpha value is -1.43. The molecular formula is C20H25ClN2O2S. The van der Waals surface area contributed by atoms with Crippen LogP contribution >= 0.6 is 23.4 Å². The maximum Gasteiger partial charge on any atom is 0.224 e. The predicted octanol–water partition coefficient (Wildman–Crippen LogP) is 4.19. The minimum Gasteiger partial charge on any atom is -0.468 e. The SMILES string of the molecule is O=C(NCCSCc1ccco1)[C@@H]1CCCN(Cc2ccccc2Cl)C1. The molecule has 4 nitrogen and oxygen atoms in total. The molecule has 1 fully saturated rings. The van der Waals surface area contributed by atoms with E-state index in [4.69, 9.17) is 16.0 Å². The van der Waals surface area contributed by atoms with Gasteiger partial charge in [0, 0.05) is 30.4 Å². The van der Waals surface area contributed by atoms with E-state index in [2.05, 4.69) is 16.3 Å². The van der Waals surface area contributed by atoms with Gasteiger partial charge in [-0.3, -0.25) is 9.69 Å². The van der Waals surface area contributed by atoms with E-state index in [9.17, 15) is 4.79 Å². The molecule has 6 heteroatoms. The molecule has 1 saturated heterocycles. The molecule has 26 heavy (non-hydrogen) atoms. The first-order valence-corrected chi connectivity index (χ1v) is 10.6. The average Bonchev–Trinajstić information content (AvgIpc) is 3.17. The van der Waals surface area contributed by atoms with Crippen molar-refractivity contribution in [1.29, 1.82) is 0 Å². The summed E-state index contributed by atoms with van der Waals surface area (Å²) in [6.07, 6.45) is 3.70. The molecule has 0 unspecified atom stereocenters. The van der Waals surface area contributed by atoms with E-state index in [1.54, 1.807) is 18.0 Å². The molecule has 0 bridgehead atoms. The number of piperidine rings is 1. The molecule has 1 aliphatic heterocycles. The third-order valence-electron chi connectivity index (χ3n) is 4.60. The third kappa shape index (κ3) is 5.79. The molecule has 140 valence electrons. The molecule has 1 aliphatic rings. The van der Waals surface area contributed by atoms with Gasteiger partial charge in [-0.25, -0.2) is 0 Å². The van der Waals surface area contributed by atoms with Crippen molar-refractivity contribution in [2.24, 2.45) is 5.92 Å². The zero-order valence-electron chi connectivity index (χ0n) is 14.8. The van der Waals surface area contributed by atoms with E-state index in [0.29, 0.717) is 6.54 Å². The van der Waals surface area contributed by atoms with Gasteiger partial charge < -0.3 is 9.73 Å². The number of likely N-dealkylation sites (tertiary alicyclic amines) is 1. The quantitative estimate of drug-likeness (QED) is 0.684. The molecule has 3 rings (SSSR count). The number of amides is 1. The van der Waals surface area contributed by atoms with Crippen molar-refractivity contribution in [3.63, 3.8) is 0 Å². The molecule has 2 heterocycles. The van der Waals surface area contributed by atoms with Crippen LogP contribution in [0, 0.1) is 5.92 Å². The molecule has 1 N–H and O–H groups in total. The highest BCUT2D eigenvalue weighted by Gasteiger charge is 2.25. The largest absolute Gasteiger partial charge is 0.468 e. The van der Waals surface area contributed by atoms with Crippen LogP contribution in [-0.4, -0.2) is 36.2 Å². The second kappa shape index (κ2) is 10.0. The Bertz CT molecular complexity index is 693. The lowest BCUT2D eigenvalue weighted by Crippen LogP contribution is -2.43. The fraction of sp³-hybridized carbons (Fsp3) is 0.450. The Kier molecular flexibility index (Phi) is 7.47. The number of halogens is 1. The van der Waals surface area contributed by atoms with Crippen molar-refractivity contribution >= 4 is 29.3 Å².